The van der Waals surface area contributed by atoms with Crippen LogP contribution in [0, 0.1) is 5.41 Å². The third-order valence-electron chi connectivity index (χ3n) is 5.51. The smallest absolute Gasteiger partial charge is 0.414 e. The molecular weight excluding hydrogens is 382 g/mol. The Bertz CT molecular complexity index is 634. The third kappa shape index (κ3) is 8.97. The number of cyclic esters (lactones) is 1. The molecule has 6 nitrogen and oxygen atoms in total. The lowest BCUT2D eigenvalue weighted by atomic mass is 9.83. The number of amides is 2. The number of carbonyl (C=O) groups is 3. The number of nitrogens with one attached hydrogen (secondary N) is 1. The average Bonchev–Trinajstić information content (AvgIpc) is 2.94. The predicted molar refractivity (Wildman–Crippen MR) is 118 cm³/mol. The van der Waals surface area contributed by atoms with Gasteiger partial charge in [0.25, 0.3) is 5.91 Å². The van der Waals surface area contributed by atoms with Crippen molar-refractivity contribution in [2.75, 3.05) is 6.61 Å². The summed E-state index contributed by atoms with van der Waals surface area (Å²) < 4.78 is 10.9. The molecule has 1 saturated carbocycles. The first kappa shape index (κ1) is 25.7. The highest BCUT2D eigenvalue weighted by Crippen LogP contribution is 2.35. The molecule has 1 unspecified atom stereocenters. The fraction of sp³-hybridized carbons (Fsp3) is 0.625. The maximum atomic E-state index is 11.5. The minimum atomic E-state index is -0.728. The van der Waals surface area contributed by atoms with Crippen molar-refractivity contribution in [3.8, 4) is 5.75 Å². The fourth-order valence-electron chi connectivity index (χ4n) is 3.45. The molecule has 2 amide bonds. The Kier molecular flexibility index (Phi) is 11.8. The van der Waals surface area contributed by atoms with Gasteiger partial charge < -0.3 is 14.3 Å². The van der Waals surface area contributed by atoms with E-state index in [-0.39, 0.29) is 11.3 Å². The summed E-state index contributed by atoms with van der Waals surface area (Å²) in [4.78, 5) is 30.5. The minimum Gasteiger partial charge on any atom is -0.493 e. The summed E-state index contributed by atoms with van der Waals surface area (Å²) in [5, 5.41) is 2.14. The highest BCUT2D eigenvalue weighted by atomic mass is 16.6. The molecule has 0 aromatic heterocycles. The normalized spacial score (nSPS) is 19.8. The van der Waals surface area contributed by atoms with Crippen molar-refractivity contribution >= 4 is 18.8 Å². The van der Waals surface area contributed by atoms with E-state index in [0.717, 1.165) is 17.9 Å². The lowest BCUT2D eigenvalue weighted by Gasteiger charge is -2.28. The summed E-state index contributed by atoms with van der Waals surface area (Å²) in [7, 11) is 0. The SMILES string of the molecule is C=O.CC1(COc2ccc(CC3OC(=O)NC3=O)cc2)CCCCCC1.CCCC. The molecule has 6 heteroatoms. The lowest BCUT2D eigenvalue weighted by molar-refractivity contribution is -0.123. The monoisotopic (exact) mass is 419 g/mol. The molecule has 0 bridgehead atoms. The number of carbonyl (C=O) groups excluding carboxylic acids is 3. The number of benzene rings is 1. The van der Waals surface area contributed by atoms with Gasteiger partial charge in [-0.2, -0.15) is 0 Å². The molecule has 0 spiro atoms. The van der Waals surface area contributed by atoms with Crippen molar-refractivity contribution in [1.29, 1.82) is 0 Å². The number of hydrogen-bond donors (Lipinski definition) is 1. The first-order chi connectivity index (χ1) is 14.5. The van der Waals surface area contributed by atoms with Gasteiger partial charge in [-0.05, 0) is 30.5 Å². The topological polar surface area (TPSA) is 81.7 Å². The quantitative estimate of drug-likeness (QED) is 0.639. The lowest BCUT2D eigenvalue weighted by Crippen LogP contribution is -2.26. The Morgan fingerprint density at radius 1 is 1.03 bits per heavy atom. The number of unbranched alkanes of at least 4 members (excludes halogenated alkanes) is 1. The Balaban J connectivity index is 0.000000673. The molecule has 3 rings (SSSR count). The summed E-state index contributed by atoms with van der Waals surface area (Å²) in [5.74, 6) is 0.471. The fourth-order valence-corrected chi connectivity index (χ4v) is 3.45. The second-order valence-corrected chi connectivity index (χ2v) is 8.24. The van der Waals surface area contributed by atoms with Crippen LogP contribution in [-0.2, 0) is 20.7 Å². The van der Waals surface area contributed by atoms with Gasteiger partial charge in [-0.3, -0.25) is 10.1 Å². The molecule has 1 aromatic carbocycles. The summed E-state index contributed by atoms with van der Waals surface area (Å²) in [6.07, 6.45) is 9.35. The van der Waals surface area contributed by atoms with Crippen molar-refractivity contribution in [2.45, 2.75) is 84.7 Å². The Hall–Kier alpha value is -2.37. The predicted octanol–water partition coefficient (Wildman–Crippen LogP) is 5.22. The second-order valence-electron chi connectivity index (χ2n) is 8.24. The second kappa shape index (κ2) is 13.8. The average molecular weight is 420 g/mol. The van der Waals surface area contributed by atoms with E-state index in [2.05, 4.69) is 26.1 Å². The molecule has 30 heavy (non-hydrogen) atoms. The first-order valence-electron chi connectivity index (χ1n) is 11.0. The van der Waals surface area contributed by atoms with Gasteiger partial charge in [0.05, 0.1) is 6.61 Å². The van der Waals surface area contributed by atoms with E-state index in [9.17, 15) is 9.59 Å². The van der Waals surface area contributed by atoms with Gasteiger partial charge in [0, 0.05) is 11.8 Å². The molecule has 1 heterocycles. The van der Waals surface area contributed by atoms with Crippen LogP contribution in [0.5, 0.6) is 5.75 Å². The molecule has 1 aliphatic heterocycles. The number of alkyl carbamates (subject to hydrolysis) is 1. The zero-order chi connectivity index (χ0) is 22.4. The molecular formula is C24H37NO5. The van der Waals surface area contributed by atoms with Crippen LogP contribution in [0.15, 0.2) is 24.3 Å². The highest BCUT2D eigenvalue weighted by molar-refractivity contribution is 6.00. The van der Waals surface area contributed by atoms with Crippen LogP contribution >= 0.6 is 0 Å². The summed E-state index contributed by atoms with van der Waals surface area (Å²) in [6, 6.07) is 7.68. The van der Waals surface area contributed by atoms with Crippen molar-refractivity contribution in [3.05, 3.63) is 29.8 Å². The van der Waals surface area contributed by atoms with E-state index in [1.54, 1.807) is 0 Å². The van der Waals surface area contributed by atoms with Gasteiger partial charge in [-0.1, -0.05) is 71.4 Å². The van der Waals surface area contributed by atoms with Gasteiger partial charge in [-0.15, -0.1) is 0 Å². The first-order valence-corrected chi connectivity index (χ1v) is 11.0. The van der Waals surface area contributed by atoms with Gasteiger partial charge in [0.2, 0.25) is 0 Å². The van der Waals surface area contributed by atoms with Crippen molar-refractivity contribution < 1.29 is 23.9 Å². The molecule has 1 atom stereocenters. The maximum absolute atomic E-state index is 11.5. The van der Waals surface area contributed by atoms with E-state index < -0.39 is 12.2 Å². The molecule has 168 valence electrons. The van der Waals surface area contributed by atoms with Crippen LogP contribution in [0.3, 0.4) is 0 Å². The van der Waals surface area contributed by atoms with E-state index in [4.69, 9.17) is 14.3 Å². The molecule has 1 N–H and O–H groups in total. The van der Waals surface area contributed by atoms with Crippen molar-refractivity contribution in [1.82, 2.24) is 5.32 Å². The zero-order valence-corrected chi connectivity index (χ0v) is 18.7. The maximum Gasteiger partial charge on any atom is 0.414 e. The molecule has 2 aliphatic rings. The van der Waals surface area contributed by atoms with Gasteiger partial charge in [-0.25, -0.2) is 4.79 Å². The van der Waals surface area contributed by atoms with Gasteiger partial charge in [0.1, 0.15) is 12.5 Å². The van der Waals surface area contributed by atoms with Crippen LogP contribution in [-0.4, -0.2) is 31.5 Å². The third-order valence-corrected chi connectivity index (χ3v) is 5.51. The Morgan fingerprint density at radius 2 is 1.60 bits per heavy atom. The number of ether oxygens (including phenoxy) is 2. The van der Waals surface area contributed by atoms with Crippen molar-refractivity contribution in [3.63, 3.8) is 0 Å². The van der Waals surface area contributed by atoms with E-state index in [0.29, 0.717) is 6.42 Å². The number of hydrogen-bond acceptors (Lipinski definition) is 5. The Labute approximate surface area is 180 Å². The molecule has 1 aromatic rings. The van der Waals surface area contributed by atoms with Crippen LogP contribution in [0.1, 0.15) is 77.7 Å². The van der Waals surface area contributed by atoms with E-state index in [1.165, 1.54) is 51.4 Å². The van der Waals surface area contributed by atoms with Gasteiger partial charge >= 0.3 is 6.09 Å². The largest absolute Gasteiger partial charge is 0.493 e. The molecule has 0 radical (unpaired) electrons. The van der Waals surface area contributed by atoms with Crippen LogP contribution in [0.2, 0.25) is 0 Å². The molecule has 2 fully saturated rings. The number of imide groups is 1. The summed E-state index contributed by atoms with van der Waals surface area (Å²) in [6.45, 7) is 9.43. The highest BCUT2D eigenvalue weighted by Gasteiger charge is 2.32. The zero-order valence-electron chi connectivity index (χ0n) is 18.7. The van der Waals surface area contributed by atoms with Crippen molar-refractivity contribution in [2.24, 2.45) is 5.41 Å². The summed E-state index contributed by atoms with van der Waals surface area (Å²) >= 11 is 0. The van der Waals surface area contributed by atoms with E-state index in [1.807, 2.05) is 31.1 Å². The Morgan fingerprint density at radius 3 is 2.07 bits per heavy atom. The molecule has 1 saturated heterocycles. The van der Waals surface area contributed by atoms with E-state index >= 15 is 0 Å². The van der Waals surface area contributed by atoms with Crippen LogP contribution < -0.4 is 10.1 Å². The summed E-state index contributed by atoms with van der Waals surface area (Å²) in [5.41, 5.74) is 1.21. The van der Waals surface area contributed by atoms with Crippen LogP contribution in [0.25, 0.3) is 0 Å². The van der Waals surface area contributed by atoms with Gasteiger partial charge in [0.15, 0.2) is 6.10 Å². The standard InChI is InChI=1S/C19H25NO4.C4H10.CH2O/c1-19(10-4-2-3-5-11-19)13-23-15-8-6-14(7-9-15)12-16-17(21)20-18(22)24-16;1-3-4-2;1-2/h6-9,16H,2-5,10-13H2,1H3,(H,20,21,22);3-4H2,1-2H3;1H2. The minimum absolute atomic E-state index is 0.269. The van der Waals surface area contributed by atoms with Crippen LogP contribution in [0.4, 0.5) is 4.79 Å². The number of rotatable bonds is 6. The molecule has 1 aliphatic carbocycles.